The van der Waals surface area contributed by atoms with E-state index in [9.17, 15) is 14.3 Å². The first-order valence-electron chi connectivity index (χ1n) is 6.38. The van der Waals surface area contributed by atoms with Gasteiger partial charge in [-0.05, 0) is 38.5 Å². The van der Waals surface area contributed by atoms with E-state index >= 15 is 0 Å². The standard InChI is InChI=1S/C14H18FNO3S.2CH4/c1-14(2,3)19-13(18)16-4-5-20-12-7-10(15)11(17)6-9(12)8-16;;/h6-7,17H,4-5,8H2,1-3H3;2*1H4. The van der Waals surface area contributed by atoms with Crippen molar-refractivity contribution in [2.24, 2.45) is 0 Å². The summed E-state index contributed by atoms with van der Waals surface area (Å²) in [7, 11) is 0. The molecule has 22 heavy (non-hydrogen) atoms. The number of rotatable bonds is 0. The van der Waals surface area contributed by atoms with E-state index in [1.165, 1.54) is 23.9 Å². The number of carbonyl (C=O) groups is 1. The summed E-state index contributed by atoms with van der Waals surface area (Å²) in [5.41, 5.74) is 0.182. The van der Waals surface area contributed by atoms with Crippen LogP contribution >= 0.6 is 11.8 Å². The molecule has 6 heteroatoms. The molecule has 0 atom stereocenters. The van der Waals surface area contributed by atoms with Crippen molar-refractivity contribution in [3.8, 4) is 5.75 Å². The second-order valence-electron chi connectivity index (χ2n) is 5.66. The summed E-state index contributed by atoms with van der Waals surface area (Å²) in [5.74, 6) is -0.367. The first-order chi connectivity index (χ1) is 9.26. The molecule has 0 spiro atoms. The molecule has 126 valence electrons. The fourth-order valence-corrected chi connectivity index (χ4v) is 2.90. The zero-order chi connectivity index (χ0) is 14.9. The molecule has 0 bridgehead atoms. The fraction of sp³-hybridized carbons (Fsp3) is 0.562. The summed E-state index contributed by atoms with van der Waals surface area (Å²) >= 11 is 1.47. The number of halogens is 1. The smallest absolute Gasteiger partial charge is 0.410 e. The fourth-order valence-electron chi connectivity index (χ4n) is 1.88. The molecular formula is C16H26FNO3S. The molecule has 4 nitrogen and oxygen atoms in total. The minimum absolute atomic E-state index is 0. The molecule has 1 aromatic carbocycles. The van der Waals surface area contributed by atoms with Crippen molar-refractivity contribution in [3.05, 3.63) is 23.5 Å². The second kappa shape index (κ2) is 7.72. The molecule has 2 rings (SSSR count). The van der Waals surface area contributed by atoms with Crippen molar-refractivity contribution in [2.45, 2.75) is 52.7 Å². The molecule has 0 aromatic heterocycles. The zero-order valence-electron chi connectivity index (χ0n) is 11.8. The highest BCUT2D eigenvalue weighted by Crippen LogP contribution is 2.32. The summed E-state index contributed by atoms with van der Waals surface area (Å²) in [6.45, 7) is 6.27. The predicted octanol–water partition coefficient (Wildman–Crippen LogP) is 4.65. The van der Waals surface area contributed by atoms with Gasteiger partial charge in [0.15, 0.2) is 11.6 Å². The lowest BCUT2D eigenvalue weighted by molar-refractivity contribution is 0.0246. The number of thioether (sulfide) groups is 1. The number of ether oxygens (including phenoxy) is 1. The van der Waals surface area contributed by atoms with Crippen molar-refractivity contribution in [2.75, 3.05) is 12.3 Å². The molecular weight excluding hydrogens is 305 g/mol. The number of hydrogen-bond donors (Lipinski definition) is 1. The Kier molecular flexibility index (Phi) is 7.22. The van der Waals surface area contributed by atoms with Crippen LogP contribution in [0.25, 0.3) is 0 Å². The number of phenols is 1. The summed E-state index contributed by atoms with van der Waals surface area (Å²) in [5, 5.41) is 9.46. The normalized spacial score (nSPS) is 14.1. The van der Waals surface area contributed by atoms with Crippen molar-refractivity contribution in [3.63, 3.8) is 0 Å². The number of carbonyl (C=O) groups excluding carboxylic acids is 1. The Morgan fingerprint density at radius 2 is 2.00 bits per heavy atom. The van der Waals surface area contributed by atoms with E-state index in [1.807, 2.05) is 20.8 Å². The summed E-state index contributed by atoms with van der Waals surface area (Å²) < 4.78 is 18.7. The van der Waals surface area contributed by atoms with Crippen LogP contribution in [-0.2, 0) is 11.3 Å². The van der Waals surface area contributed by atoms with Gasteiger partial charge in [-0.3, -0.25) is 0 Å². The van der Waals surface area contributed by atoms with Gasteiger partial charge < -0.3 is 14.7 Å². The molecule has 0 unspecified atom stereocenters. The van der Waals surface area contributed by atoms with Gasteiger partial charge in [-0.2, -0.15) is 0 Å². The highest BCUT2D eigenvalue weighted by Gasteiger charge is 2.25. The Morgan fingerprint density at radius 3 is 2.59 bits per heavy atom. The topological polar surface area (TPSA) is 49.8 Å². The minimum atomic E-state index is -0.637. The van der Waals surface area contributed by atoms with Gasteiger partial charge in [0.25, 0.3) is 0 Å². The minimum Gasteiger partial charge on any atom is -0.505 e. The molecule has 1 heterocycles. The molecule has 1 aliphatic rings. The van der Waals surface area contributed by atoms with E-state index in [4.69, 9.17) is 4.74 Å². The van der Waals surface area contributed by atoms with Crippen molar-refractivity contribution in [1.29, 1.82) is 0 Å². The lowest BCUT2D eigenvalue weighted by atomic mass is 10.2. The molecule has 1 N–H and O–H groups in total. The number of fused-ring (bicyclic) bond motifs is 1. The Balaban J connectivity index is 0.00000220. The van der Waals surface area contributed by atoms with Crippen molar-refractivity contribution >= 4 is 17.9 Å². The average Bonchev–Trinajstić information content (AvgIpc) is 2.50. The summed E-state index contributed by atoms with van der Waals surface area (Å²) in [6, 6.07) is 2.69. The molecule has 0 fully saturated rings. The average molecular weight is 331 g/mol. The van der Waals surface area contributed by atoms with Gasteiger partial charge in [0.05, 0.1) is 6.54 Å². The highest BCUT2D eigenvalue weighted by atomic mass is 32.2. The monoisotopic (exact) mass is 331 g/mol. The second-order valence-corrected chi connectivity index (χ2v) is 6.80. The van der Waals surface area contributed by atoms with Gasteiger partial charge in [0.1, 0.15) is 5.60 Å². The summed E-state index contributed by atoms with van der Waals surface area (Å²) in [4.78, 5) is 14.4. The van der Waals surface area contributed by atoms with Gasteiger partial charge >= 0.3 is 6.09 Å². The number of nitrogens with zero attached hydrogens (tertiary/aromatic N) is 1. The number of benzene rings is 1. The summed E-state index contributed by atoms with van der Waals surface area (Å²) in [6.07, 6.45) is -0.394. The Labute approximate surface area is 136 Å². The number of phenolic OH excluding ortho intramolecular Hbond substituents is 1. The molecule has 1 amide bonds. The Bertz CT molecular complexity index is 529. The largest absolute Gasteiger partial charge is 0.505 e. The van der Waals surface area contributed by atoms with Crippen LogP contribution < -0.4 is 0 Å². The van der Waals surface area contributed by atoms with Gasteiger partial charge in [0, 0.05) is 17.2 Å². The first kappa shape index (κ1) is 20.6. The van der Waals surface area contributed by atoms with E-state index in [0.29, 0.717) is 18.8 Å². The SMILES string of the molecule is C.C.CC(C)(C)OC(=O)N1CCSc2cc(F)c(O)cc2C1. The van der Waals surface area contributed by atoms with E-state index in [2.05, 4.69) is 0 Å². The van der Waals surface area contributed by atoms with Crippen LogP contribution in [0.3, 0.4) is 0 Å². The van der Waals surface area contributed by atoms with Crippen LogP contribution in [-0.4, -0.2) is 34.0 Å². The van der Waals surface area contributed by atoms with Crippen LogP contribution in [0, 0.1) is 5.82 Å². The Hall–Kier alpha value is -1.43. The van der Waals surface area contributed by atoms with E-state index in [-0.39, 0.29) is 14.9 Å². The third kappa shape index (κ3) is 5.09. The first-order valence-corrected chi connectivity index (χ1v) is 7.37. The maximum Gasteiger partial charge on any atom is 0.410 e. The number of amides is 1. The maximum atomic E-state index is 13.3. The maximum absolute atomic E-state index is 13.3. The van der Waals surface area contributed by atoms with Crippen LogP contribution in [0.2, 0.25) is 0 Å². The lowest BCUT2D eigenvalue weighted by Crippen LogP contribution is -2.37. The van der Waals surface area contributed by atoms with E-state index in [0.717, 1.165) is 10.5 Å². The number of hydrogen-bond acceptors (Lipinski definition) is 4. The van der Waals surface area contributed by atoms with Crippen molar-refractivity contribution in [1.82, 2.24) is 4.90 Å². The molecule has 1 aromatic rings. The van der Waals surface area contributed by atoms with E-state index < -0.39 is 23.3 Å². The van der Waals surface area contributed by atoms with Crippen molar-refractivity contribution < 1.29 is 19.0 Å². The van der Waals surface area contributed by atoms with Gasteiger partial charge in [-0.15, -0.1) is 11.8 Å². The van der Waals surface area contributed by atoms with Crippen LogP contribution in [0.15, 0.2) is 17.0 Å². The molecule has 0 saturated carbocycles. The molecule has 1 aliphatic heterocycles. The third-order valence-electron chi connectivity index (χ3n) is 2.76. The van der Waals surface area contributed by atoms with Gasteiger partial charge in [-0.1, -0.05) is 14.9 Å². The zero-order valence-corrected chi connectivity index (χ0v) is 12.6. The predicted molar refractivity (Wildman–Crippen MR) is 88.9 cm³/mol. The molecule has 0 radical (unpaired) electrons. The van der Waals surface area contributed by atoms with E-state index in [1.54, 1.807) is 4.90 Å². The quantitative estimate of drug-likeness (QED) is 0.752. The molecule has 0 saturated heterocycles. The van der Waals surface area contributed by atoms with Gasteiger partial charge in [-0.25, -0.2) is 9.18 Å². The number of aromatic hydroxyl groups is 1. The van der Waals surface area contributed by atoms with Gasteiger partial charge in [0.2, 0.25) is 0 Å². The molecule has 0 aliphatic carbocycles. The third-order valence-corrected chi connectivity index (χ3v) is 3.84. The van der Waals surface area contributed by atoms with Crippen LogP contribution in [0.5, 0.6) is 5.75 Å². The highest BCUT2D eigenvalue weighted by molar-refractivity contribution is 7.99. The lowest BCUT2D eigenvalue weighted by Gasteiger charge is -2.26. The van der Waals surface area contributed by atoms with Crippen LogP contribution in [0.4, 0.5) is 9.18 Å². The Morgan fingerprint density at radius 1 is 1.36 bits per heavy atom. The van der Waals surface area contributed by atoms with Crippen LogP contribution in [0.1, 0.15) is 41.2 Å².